The van der Waals surface area contributed by atoms with Gasteiger partial charge in [0, 0.05) is 23.5 Å². The van der Waals surface area contributed by atoms with Crippen molar-refractivity contribution in [3.63, 3.8) is 0 Å². The second-order valence-electron chi connectivity index (χ2n) is 12.6. The molecule has 8 nitrogen and oxygen atoms in total. The highest BCUT2D eigenvalue weighted by molar-refractivity contribution is 7.89. The maximum absolute atomic E-state index is 13.6. The first-order valence-corrected chi connectivity index (χ1v) is 15.3. The molecule has 2 heterocycles. The fraction of sp³-hybridized carbons (Fsp3) is 0.344. The number of hydrogen-bond donors (Lipinski definition) is 1. The van der Waals surface area contributed by atoms with Gasteiger partial charge >= 0.3 is 0 Å². The molecule has 212 valence electrons. The van der Waals surface area contributed by atoms with Crippen LogP contribution in [0.3, 0.4) is 0 Å². The second-order valence-corrected chi connectivity index (χ2v) is 14.4. The highest BCUT2D eigenvalue weighted by atomic mass is 32.2. The summed E-state index contributed by atoms with van der Waals surface area (Å²) in [6.07, 6.45) is 2.72. The van der Waals surface area contributed by atoms with Gasteiger partial charge in [0.05, 0.1) is 17.0 Å². The van der Waals surface area contributed by atoms with E-state index in [4.69, 9.17) is 0 Å². The number of fused-ring (bicyclic) bond motifs is 3. The third-order valence-corrected chi connectivity index (χ3v) is 10.3. The Labute approximate surface area is 240 Å². The first kappa shape index (κ1) is 27.4. The van der Waals surface area contributed by atoms with Gasteiger partial charge in [-0.1, -0.05) is 69.3 Å². The van der Waals surface area contributed by atoms with E-state index in [0.717, 1.165) is 30.3 Å². The topological polar surface area (TPSA) is 104 Å². The van der Waals surface area contributed by atoms with Gasteiger partial charge in [-0.15, -0.1) is 10.2 Å². The average molecular weight is 571 g/mol. The lowest BCUT2D eigenvalue weighted by Crippen LogP contribution is -2.37. The van der Waals surface area contributed by atoms with Crippen LogP contribution in [0.1, 0.15) is 56.0 Å². The average Bonchev–Trinajstić information content (AvgIpc) is 3.36. The third-order valence-electron chi connectivity index (χ3n) is 8.42. The second kappa shape index (κ2) is 9.92. The zero-order chi connectivity index (χ0) is 29.0. The summed E-state index contributed by atoms with van der Waals surface area (Å²) in [6.45, 7) is 7.55. The number of nitrogens with zero attached hydrogens (tertiary/aromatic N) is 4. The molecule has 9 heteroatoms. The smallest absolute Gasteiger partial charge is 0.295 e. The molecule has 3 aromatic carbocycles. The molecule has 1 saturated heterocycles. The van der Waals surface area contributed by atoms with E-state index in [-0.39, 0.29) is 38.9 Å². The van der Waals surface area contributed by atoms with Gasteiger partial charge in [-0.3, -0.25) is 4.79 Å². The van der Waals surface area contributed by atoms with E-state index >= 15 is 0 Å². The predicted octanol–water partition coefficient (Wildman–Crippen LogP) is 6.91. The Morgan fingerprint density at radius 3 is 2.37 bits per heavy atom. The molecule has 2 atom stereocenters. The monoisotopic (exact) mass is 570 g/mol. The fourth-order valence-corrected chi connectivity index (χ4v) is 8.82. The van der Waals surface area contributed by atoms with Crippen molar-refractivity contribution < 1.29 is 18.3 Å². The summed E-state index contributed by atoms with van der Waals surface area (Å²) in [5.41, 5.74) is 2.29. The molecule has 6 rings (SSSR count). The van der Waals surface area contributed by atoms with Crippen LogP contribution in [0.2, 0.25) is 0 Å². The molecule has 1 N–H and O–H groups in total. The number of aromatic nitrogens is 1. The minimum absolute atomic E-state index is 0.0134. The molecule has 1 saturated carbocycles. The van der Waals surface area contributed by atoms with Crippen molar-refractivity contribution >= 4 is 32.5 Å². The summed E-state index contributed by atoms with van der Waals surface area (Å²) in [5, 5.41) is 19.7. The minimum Gasteiger partial charge on any atom is -0.493 e. The van der Waals surface area contributed by atoms with E-state index in [0.29, 0.717) is 18.5 Å². The van der Waals surface area contributed by atoms with Gasteiger partial charge in [-0.25, -0.2) is 8.42 Å². The Balaban J connectivity index is 1.23. The molecule has 0 spiro atoms. The quantitative estimate of drug-likeness (QED) is 0.254. The number of amides is 1. The molecule has 0 unspecified atom stereocenters. The van der Waals surface area contributed by atoms with Crippen LogP contribution >= 0.6 is 0 Å². The van der Waals surface area contributed by atoms with Crippen LogP contribution in [0.5, 0.6) is 5.88 Å². The number of carbonyl (C=O) groups excluding carboxylic acids is 1. The molecule has 1 amide bonds. The summed E-state index contributed by atoms with van der Waals surface area (Å²) < 4.78 is 30.6. The van der Waals surface area contributed by atoms with E-state index in [1.54, 1.807) is 8.87 Å². The zero-order valence-corrected chi connectivity index (χ0v) is 24.3. The van der Waals surface area contributed by atoms with Crippen LogP contribution in [-0.4, -0.2) is 40.9 Å². The SMILES string of the molecule is CC1(C)C[C@H]2C[C@@](C)(CN2S(=O)(=O)c2ccc(C(=O)N=Nc3c(O)n(Cc4ccccc4)c4ccccc34)cc2)C1. The largest absolute Gasteiger partial charge is 0.493 e. The highest BCUT2D eigenvalue weighted by Gasteiger charge is 2.53. The minimum atomic E-state index is -3.70. The van der Waals surface area contributed by atoms with Crippen molar-refractivity contribution in [2.24, 2.45) is 21.1 Å². The van der Waals surface area contributed by atoms with Crippen molar-refractivity contribution in [3.05, 3.63) is 90.0 Å². The molecular weight excluding hydrogens is 536 g/mol. The number of para-hydroxylation sites is 1. The third kappa shape index (κ3) is 5.08. The highest BCUT2D eigenvalue weighted by Crippen LogP contribution is 2.53. The molecule has 41 heavy (non-hydrogen) atoms. The molecule has 2 bridgehead atoms. The van der Waals surface area contributed by atoms with Gasteiger partial charge in [0.2, 0.25) is 15.9 Å². The lowest BCUT2D eigenvalue weighted by molar-refractivity contribution is 0.0995. The van der Waals surface area contributed by atoms with Crippen molar-refractivity contribution in [3.8, 4) is 5.88 Å². The maximum Gasteiger partial charge on any atom is 0.295 e. The molecule has 1 aliphatic heterocycles. The number of benzene rings is 3. The molecule has 0 radical (unpaired) electrons. The van der Waals surface area contributed by atoms with Crippen molar-refractivity contribution in [1.29, 1.82) is 0 Å². The standard InChI is InChI=1S/C32H34N4O4S/c1-31(2)17-24-18-32(3,20-31)21-36(24)41(39,40)25-15-13-23(14-16-25)29(37)34-33-28-26-11-7-8-12-27(26)35(30(28)38)19-22-9-5-4-6-10-22/h4-16,24,38H,17-21H2,1-3H3/t24-,32+/m0/s1. The van der Waals surface area contributed by atoms with Crippen molar-refractivity contribution in [2.75, 3.05) is 6.54 Å². The van der Waals surface area contributed by atoms with Gasteiger partial charge < -0.3 is 9.67 Å². The van der Waals surface area contributed by atoms with Gasteiger partial charge in [0.1, 0.15) is 0 Å². The Morgan fingerprint density at radius 1 is 0.951 bits per heavy atom. The summed E-state index contributed by atoms with van der Waals surface area (Å²) in [4.78, 5) is 13.1. The van der Waals surface area contributed by atoms with E-state index < -0.39 is 15.9 Å². The van der Waals surface area contributed by atoms with E-state index in [9.17, 15) is 18.3 Å². The number of azo groups is 1. The van der Waals surface area contributed by atoms with Crippen LogP contribution in [0.15, 0.2) is 94.0 Å². The molecule has 2 aliphatic rings. The van der Waals surface area contributed by atoms with Crippen LogP contribution in [-0.2, 0) is 16.6 Å². The Kier molecular flexibility index (Phi) is 6.62. The lowest BCUT2D eigenvalue weighted by atomic mass is 9.65. The van der Waals surface area contributed by atoms with E-state index in [1.807, 2.05) is 54.6 Å². The normalized spacial score (nSPS) is 22.5. The molecule has 1 aromatic heterocycles. The van der Waals surface area contributed by atoms with Crippen LogP contribution < -0.4 is 0 Å². The molecular formula is C32H34N4O4S. The van der Waals surface area contributed by atoms with Gasteiger partial charge in [-0.05, 0) is 66.0 Å². The summed E-state index contributed by atoms with van der Waals surface area (Å²) in [7, 11) is -3.70. The molecule has 2 fully saturated rings. The fourth-order valence-electron chi connectivity index (χ4n) is 7.04. The van der Waals surface area contributed by atoms with Crippen LogP contribution in [0, 0.1) is 10.8 Å². The number of carbonyl (C=O) groups is 1. The number of rotatable bonds is 6. The van der Waals surface area contributed by atoms with Crippen LogP contribution in [0.4, 0.5) is 5.69 Å². The van der Waals surface area contributed by atoms with Crippen molar-refractivity contribution in [2.45, 2.75) is 57.5 Å². The van der Waals surface area contributed by atoms with Crippen molar-refractivity contribution in [1.82, 2.24) is 8.87 Å². The molecule has 4 aromatic rings. The Hall–Kier alpha value is -3.82. The van der Waals surface area contributed by atoms with E-state index in [2.05, 4.69) is 31.0 Å². The first-order chi connectivity index (χ1) is 19.5. The van der Waals surface area contributed by atoms with Crippen LogP contribution in [0.25, 0.3) is 10.9 Å². The Morgan fingerprint density at radius 2 is 1.63 bits per heavy atom. The summed E-state index contributed by atoms with van der Waals surface area (Å²) >= 11 is 0. The van der Waals surface area contributed by atoms with Gasteiger partial charge in [0.25, 0.3) is 5.91 Å². The zero-order valence-electron chi connectivity index (χ0n) is 23.5. The summed E-state index contributed by atoms with van der Waals surface area (Å²) in [5.74, 6) is -0.708. The van der Waals surface area contributed by atoms with E-state index in [1.165, 1.54) is 24.3 Å². The predicted molar refractivity (Wildman–Crippen MR) is 158 cm³/mol. The summed E-state index contributed by atoms with van der Waals surface area (Å²) in [6, 6.07) is 23.0. The number of sulfonamides is 1. The van der Waals surface area contributed by atoms with Gasteiger partial charge in [0.15, 0.2) is 5.69 Å². The lowest BCUT2D eigenvalue weighted by Gasteiger charge is -2.39. The molecule has 1 aliphatic carbocycles. The number of aromatic hydroxyl groups is 1. The Bertz CT molecular complexity index is 1760. The maximum atomic E-state index is 13.6. The first-order valence-electron chi connectivity index (χ1n) is 13.9. The van der Waals surface area contributed by atoms with Gasteiger partial charge in [-0.2, -0.15) is 4.31 Å². The number of hydrogen-bond acceptors (Lipinski definition) is 5.